The van der Waals surface area contributed by atoms with Crippen molar-refractivity contribution < 1.29 is 23.7 Å². The zero-order valence-corrected chi connectivity index (χ0v) is 19.0. The number of nitrogens with one attached hydrogen (secondary N) is 2. The first-order valence-electron chi connectivity index (χ1n) is 9.34. The molecule has 0 spiro atoms. The molecule has 2 rings (SSSR count). The Morgan fingerprint density at radius 1 is 1.04 bits per heavy atom. The highest BCUT2D eigenvalue weighted by atomic mass is 127. The zero-order chi connectivity index (χ0) is 19.2. The van der Waals surface area contributed by atoms with Crippen LogP contribution in [0.25, 0.3) is 0 Å². The smallest absolute Gasteiger partial charge is 0.195 e. The second-order valence-corrected chi connectivity index (χ2v) is 5.95. The third-order valence-corrected chi connectivity index (χ3v) is 3.76. The Hall–Kier alpha value is -1.30. The van der Waals surface area contributed by atoms with Crippen molar-refractivity contribution in [3.05, 3.63) is 18.2 Å². The fourth-order valence-electron chi connectivity index (χ4n) is 2.39. The topological polar surface area (TPSA) is 82.6 Å². The molecule has 9 heteroatoms. The molecule has 0 saturated carbocycles. The van der Waals surface area contributed by atoms with Crippen molar-refractivity contribution in [2.75, 3.05) is 72.3 Å². The molecule has 1 aromatic carbocycles. The Bertz CT molecular complexity index is 575. The third-order valence-electron chi connectivity index (χ3n) is 3.76. The number of aliphatic imine (C=N–C) groups is 1. The minimum absolute atomic E-state index is 0. The summed E-state index contributed by atoms with van der Waals surface area (Å²) in [6, 6.07) is 5.80. The number of benzene rings is 1. The van der Waals surface area contributed by atoms with Gasteiger partial charge in [0.05, 0.1) is 33.0 Å². The molecule has 1 heterocycles. The second-order valence-electron chi connectivity index (χ2n) is 5.95. The summed E-state index contributed by atoms with van der Waals surface area (Å²) in [6.07, 6.45) is 1.72. The van der Waals surface area contributed by atoms with Crippen LogP contribution in [0.1, 0.15) is 12.8 Å². The number of fused-ring (bicyclic) bond motifs is 1. The van der Waals surface area contributed by atoms with Crippen LogP contribution in [0.15, 0.2) is 23.2 Å². The first kappa shape index (κ1) is 24.7. The lowest BCUT2D eigenvalue weighted by Gasteiger charge is -2.14. The summed E-state index contributed by atoms with van der Waals surface area (Å²) in [6.45, 7) is 5.12. The summed E-state index contributed by atoms with van der Waals surface area (Å²) >= 11 is 0. The number of halogens is 1. The van der Waals surface area contributed by atoms with Crippen molar-refractivity contribution >= 4 is 35.6 Å². The minimum Gasteiger partial charge on any atom is -0.490 e. The van der Waals surface area contributed by atoms with Crippen LogP contribution in [0.2, 0.25) is 0 Å². The van der Waals surface area contributed by atoms with Gasteiger partial charge in [-0.25, -0.2) is 0 Å². The van der Waals surface area contributed by atoms with Gasteiger partial charge in [0, 0.05) is 52.1 Å². The maximum absolute atomic E-state index is 5.74. The quantitative estimate of drug-likeness (QED) is 0.205. The van der Waals surface area contributed by atoms with Gasteiger partial charge >= 0.3 is 0 Å². The van der Waals surface area contributed by atoms with E-state index in [2.05, 4.69) is 15.6 Å². The van der Waals surface area contributed by atoms with Crippen molar-refractivity contribution in [3.63, 3.8) is 0 Å². The molecule has 1 aliphatic rings. The van der Waals surface area contributed by atoms with Crippen LogP contribution in [-0.4, -0.2) is 72.9 Å². The number of hydrogen-bond donors (Lipinski definition) is 2. The van der Waals surface area contributed by atoms with Crippen LogP contribution in [0.3, 0.4) is 0 Å². The first-order valence-corrected chi connectivity index (χ1v) is 9.34. The van der Waals surface area contributed by atoms with E-state index in [1.807, 2.05) is 18.2 Å². The number of hydrogen-bond acceptors (Lipinski definition) is 6. The molecule has 1 aromatic rings. The number of methoxy groups -OCH3 is 2. The predicted molar refractivity (Wildman–Crippen MR) is 121 cm³/mol. The number of ether oxygens (including phenoxy) is 5. The van der Waals surface area contributed by atoms with Gasteiger partial charge < -0.3 is 34.3 Å². The Morgan fingerprint density at radius 2 is 1.82 bits per heavy atom. The average molecular weight is 509 g/mol. The molecule has 0 fully saturated rings. The van der Waals surface area contributed by atoms with Gasteiger partial charge in [0.25, 0.3) is 0 Å². The molecule has 160 valence electrons. The SMILES string of the molecule is COCCNC(=NCCCOCCOC)Nc1ccc2c(c1)OCCCO2.I. The summed E-state index contributed by atoms with van der Waals surface area (Å²) in [7, 11) is 3.34. The van der Waals surface area contributed by atoms with Crippen LogP contribution in [0.5, 0.6) is 11.5 Å². The molecule has 0 aliphatic carbocycles. The van der Waals surface area contributed by atoms with E-state index in [0.29, 0.717) is 58.7 Å². The van der Waals surface area contributed by atoms with E-state index in [0.717, 1.165) is 30.0 Å². The zero-order valence-electron chi connectivity index (χ0n) is 16.7. The van der Waals surface area contributed by atoms with Gasteiger partial charge in [0.1, 0.15) is 0 Å². The van der Waals surface area contributed by atoms with Gasteiger partial charge in [-0.1, -0.05) is 0 Å². The highest BCUT2D eigenvalue weighted by Gasteiger charge is 2.11. The molecule has 1 aliphatic heterocycles. The molecular formula is C19H32IN3O5. The molecule has 28 heavy (non-hydrogen) atoms. The van der Waals surface area contributed by atoms with Crippen molar-refractivity contribution in [1.29, 1.82) is 0 Å². The second kappa shape index (κ2) is 15.6. The van der Waals surface area contributed by atoms with E-state index >= 15 is 0 Å². The summed E-state index contributed by atoms with van der Waals surface area (Å²) in [5.74, 6) is 2.22. The van der Waals surface area contributed by atoms with Crippen LogP contribution >= 0.6 is 24.0 Å². The first-order chi connectivity index (χ1) is 13.3. The predicted octanol–water partition coefficient (Wildman–Crippen LogP) is 2.52. The van der Waals surface area contributed by atoms with Crippen molar-refractivity contribution in [2.45, 2.75) is 12.8 Å². The van der Waals surface area contributed by atoms with E-state index in [1.54, 1.807) is 14.2 Å². The van der Waals surface area contributed by atoms with E-state index in [4.69, 9.17) is 23.7 Å². The van der Waals surface area contributed by atoms with Gasteiger partial charge in [0.15, 0.2) is 17.5 Å². The molecule has 2 N–H and O–H groups in total. The van der Waals surface area contributed by atoms with Crippen molar-refractivity contribution in [2.24, 2.45) is 4.99 Å². The lowest BCUT2D eigenvalue weighted by Crippen LogP contribution is -2.33. The standard InChI is InChI=1S/C19H31N3O5.HI/c1-23-12-8-21-19(20-7-3-9-25-14-13-24-2)22-16-5-6-17-18(15-16)27-11-4-10-26-17;/h5-6,15H,3-4,7-14H2,1-2H3,(H2,20,21,22);1H. The van der Waals surface area contributed by atoms with E-state index in [-0.39, 0.29) is 24.0 Å². The normalized spacial score (nSPS) is 13.4. The monoisotopic (exact) mass is 509 g/mol. The lowest BCUT2D eigenvalue weighted by molar-refractivity contribution is 0.0702. The third kappa shape index (κ3) is 9.76. The van der Waals surface area contributed by atoms with E-state index in [1.165, 1.54) is 0 Å². The maximum atomic E-state index is 5.74. The van der Waals surface area contributed by atoms with Crippen LogP contribution in [-0.2, 0) is 14.2 Å². The molecular weight excluding hydrogens is 477 g/mol. The maximum Gasteiger partial charge on any atom is 0.195 e. The fraction of sp³-hybridized carbons (Fsp3) is 0.632. The number of rotatable bonds is 11. The van der Waals surface area contributed by atoms with Crippen LogP contribution < -0.4 is 20.1 Å². The van der Waals surface area contributed by atoms with Gasteiger partial charge in [-0.15, -0.1) is 24.0 Å². The summed E-state index contributed by atoms with van der Waals surface area (Å²) in [5.41, 5.74) is 0.888. The lowest BCUT2D eigenvalue weighted by atomic mass is 10.3. The van der Waals surface area contributed by atoms with E-state index in [9.17, 15) is 0 Å². The summed E-state index contributed by atoms with van der Waals surface area (Å²) < 4.78 is 26.9. The Balaban J connectivity index is 0.00000392. The molecule has 0 radical (unpaired) electrons. The molecule has 0 unspecified atom stereocenters. The van der Waals surface area contributed by atoms with E-state index < -0.39 is 0 Å². The highest BCUT2D eigenvalue weighted by molar-refractivity contribution is 14.0. The van der Waals surface area contributed by atoms with Crippen molar-refractivity contribution in [3.8, 4) is 11.5 Å². The Morgan fingerprint density at radius 3 is 2.61 bits per heavy atom. The van der Waals surface area contributed by atoms with Gasteiger partial charge in [-0.2, -0.15) is 0 Å². The largest absolute Gasteiger partial charge is 0.490 e. The van der Waals surface area contributed by atoms with Crippen LogP contribution in [0, 0.1) is 0 Å². The van der Waals surface area contributed by atoms with Gasteiger partial charge in [0.2, 0.25) is 0 Å². The molecule has 0 aromatic heterocycles. The number of anilines is 1. The fourth-order valence-corrected chi connectivity index (χ4v) is 2.39. The Kier molecular flexibility index (Phi) is 13.8. The molecule has 0 bridgehead atoms. The molecule has 0 saturated heterocycles. The average Bonchev–Trinajstić information content (AvgIpc) is 2.92. The molecule has 0 atom stereocenters. The van der Waals surface area contributed by atoms with Gasteiger partial charge in [-0.3, -0.25) is 4.99 Å². The highest BCUT2D eigenvalue weighted by Crippen LogP contribution is 2.32. The Labute approximate surface area is 184 Å². The number of nitrogens with zero attached hydrogens (tertiary/aromatic N) is 1. The minimum atomic E-state index is 0. The van der Waals surface area contributed by atoms with Crippen LogP contribution in [0.4, 0.5) is 5.69 Å². The van der Waals surface area contributed by atoms with Gasteiger partial charge in [-0.05, 0) is 18.6 Å². The number of guanidine groups is 1. The molecule has 0 amide bonds. The molecule has 8 nitrogen and oxygen atoms in total. The van der Waals surface area contributed by atoms with Crippen molar-refractivity contribution in [1.82, 2.24) is 5.32 Å². The summed E-state index contributed by atoms with van der Waals surface area (Å²) in [4.78, 5) is 4.59. The summed E-state index contributed by atoms with van der Waals surface area (Å²) in [5, 5.41) is 6.56.